The number of hydrogen-bond acceptors (Lipinski definition) is 16. The van der Waals surface area contributed by atoms with Gasteiger partial charge in [-0.1, -0.05) is 62.4 Å². The molecule has 0 spiro atoms. The number of carbonyl (C=O) groups is 6. The molecule has 6 N–H and O–H groups in total. The molecule has 0 radical (unpaired) electrons. The van der Waals surface area contributed by atoms with Crippen molar-refractivity contribution in [3.05, 3.63) is 82.9 Å². The number of Topliss-reactive ketones (excluding diaryl/α,β-unsaturated/α-hetero) is 1. The number of esters is 4. The molecule has 3 aliphatic carbocycles. The molecule has 3 fully saturated rings. The quantitative estimate of drug-likeness (QED) is 0.131. The van der Waals surface area contributed by atoms with E-state index < -0.39 is 125 Å². The minimum atomic E-state index is -2.41. The number of ether oxygens (including phenoxy) is 6. The number of fused-ring (bicyclic) bond motifs is 5. The minimum Gasteiger partial charge on any atom is -0.455 e. The fourth-order valence-electron chi connectivity index (χ4n) is 9.85. The number of ketones is 1. The highest BCUT2D eigenvalue weighted by molar-refractivity contribution is 5.94. The van der Waals surface area contributed by atoms with Crippen LogP contribution >= 0.6 is 0 Å². The largest absolute Gasteiger partial charge is 0.455 e. The number of carbonyl (C=O) groups excluding carboxylic acids is 6. The van der Waals surface area contributed by atoms with Gasteiger partial charge in [0.05, 0.1) is 36.2 Å². The van der Waals surface area contributed by atoms with Crippen molar-refractivity contribution in [1.29, 1.82) is 0 Å². The molecule has 0 aromatic heterocycles. The summed E-state index contributed by atoms with van der Waals surface area (Å²) >= 11 is 0. The number of benzene rings is 2. The molecule has 2 aromatic carbocycles. The Kier molecular flexibility index (Phi) is 12.6. The van der Waals surface area contributed by atoms with E-state index in [0.29, 0.717) is 5.56 Å². The molecule has 1 unspecified atom stereocenters. The standard InChI is InChI=1S/C45H56N2O15/c1-23-27(58-39(54)34(59-30(50)21-46)32(25-15-11-9-12-16-25)47-40(55)62-41(3,4)5)20-45(56)37(60-38(53)26-17-13-10-14-18-26)35-43(8,36(52)33(51)31(23)42(45,6)7)28(49)19-29-44(35,22-57-29)61-24(2)48/h9-18,27-29,32-35,37,49,51,56H,19-22,46H2,1-8H3,(H,47,55)/t27-,28-,29+,32-,33+,34+,35?,37-,43+,44-,45+/m0/s1. The second-order valence-corrected chi connectivity index (χ2v) is 18.2. The predicted octanol–water partition coefficient (Wildman–Crippen LogP) is 2.77. The van der Waals surface area contributed by atoms with Crippen molar-refractivity contribution < 1.29 is 72.5 Å². The average molecular weight is 865 g/mol. The highest BCUT2D eigenvalue weighted by Gasteiger charge is 2.78. The van der Waals surface area contributed by atoms with Crippen molar-refractivity contribution in [2.75, 3.05) is 13.2 Å². The first-order chi connectivity index (χ1) is 28.9. The third-order valence-electron chi connectivity index (χ3n) is 13.0. The van der Waals surface area contributed by atoms with Crippen molar-refractivity contribution in [3.63, 3.8) is 0 Å². The van der Waals surface area contributed by atoms with Crippen molar-refractivity contribution in [2.45, 2.75) is 128 Å². The van der Waals surface area contributed by atoms with Crippen LogP contribution in [0, 0.1) is 16.7 Å². The van der Waals surface area contributed by atoms with Crippen molar-refractivity contribution in [3.8, 4) is 0 Å². The highest BCUT2D eigenvalue weighted by Crippen LogP contribution is 2.64. The first kappa shape index (κ1) is 46.3. The fourth-order valence-corrected chi connectivity index (χ4v) is 9.85. The molecule has 17 nitrogen and oxygen atoms in total. The lowest BCUT2D eigenvalue weighted by Gasteiger charge is -2.67. The minimum absolute atomic E-state index is 0.0584. The molecule has 336 valence electrons. The maximum absolute atomic E-state index is 15.1. The van der Waals surface area contributed by atoms with Gasteiger partial charge in [0.1, 0.15) is 41.7 Å². The zero-order valence-electron chi connectivity index (χ0n) is 36.0. The Morgan fingerprint density at radius 2 is 1.58 bits per heavy atom. The molecule has 6 rings (SSSR count). The lowest BCUT2D eigenvalue weighted by molar-refractivity contribution is -0.346. The zero-order valence-corrected chi connectivity index (χ0v) is 36.0. The van der Waals surface area contributed by atoms with Crippen molar-refractivity contribution in [1.82, 2.24) is 5.32 Å². The van der Waals surface area contributed by atoms with Crippen molar-refractivity contribution in [2.24, 2.45) is 22.5 Å². The van der Waals surface area contributed by atoms with Gasteiger partial charge in [0.25, 0.3) is 0 Å². The van der Waals surface area contributed by atoms with Gasteiger partial charge in [-0.15, -0.1) is 0 Å². The number of rotatable bonds is 10. The summed E-state index contributed by atoms with van der Waals surface area (Å²) in [7, 11) is 0. The lowest BCUT2D eigenvalue weighted by Crippen LogP contribution is -2.81. The van der Waals surface area contributed by atoms with Gasteiger partial charge in [-0.25, -0.2) is 14.4 Å². The van der Waals surface area contributed by atoms with E-state index in [9.17, 15) is 39.3 Å². The van der Waals surface area contributed by atoms with Crippen molar-refractivity contribution >= 4 is 35.8 Å². The smallest absolute Gasteiger partial charge is 0.408 e. The van der Waals surface area contributed by atoms with E-state index in [-0.39, 0.29) is 29.7 Å². The van der Waals surface area contributed by atoms with Crippen LogP contribution in [0.4, 0.5) is 4.79 Å². The van der Waals surface area contributed by atoms with Crippen LogP contribution in [0.5, 0.6) is 0 Å². The predicted molar refractivity (Wildman–Crippen MR) is 217 cm³/mol. The van der Waals surface area contributed by atoms with Crippen LogP contribution < -0.4 is 11.1 Å². The van der Waals surface area contributed by atoms with Gasteiger partial charge in [0, 0.05) is 25.2 Å². The number of nitrogens with two attached hydrogens (primary N) is 1. The molecular formula is C45H56N2O15. The first-order valence-electron chi connectivity index (χ1n) is 20.5. The van der Waals surface area contributed by atoms with Gasteiger partial charge in [-0.05, 0) is 63.5 Å². The van der Waals surface area contributed by atoms with Gasteiger partial charge in [0.15, 0.2) is 11.4 Å². The summed E-state index contributed by atoms with van der Waals surface area (Å²) in [5, 5.41) is 40.4. The van der Waals surface area contributed by atoms with Crippen LogP contribution in [0.1, 0.15) is 90.2 Å². The van der Waals surface area contributed by atoms with E-state index in [2.05, 4.69) is 5.32 Å². The Morgan fingerprint density at radius 1 is 0.968 bits per heavy atom. The van der Waals surface area contributed by atoms with Crippen LogP contribution in [0.15, 0.2) is 71.8 Å². The van der Waals surface area contributed by atoms with Crippen LogP contribution in [0.3, 0.4) is 0 Å². The molecule has 11 atom stereocenters. The van der Waals surface area contributed by atoms with E-state index in [0.717, 1.165) is 6.92 Å². The summed E-state index contributed by atoms with van der Waals surface area (Å²) in [5.41, 5.74) is -2.89. The maximum atomic E-state index is 15.1. The van der Waals surface area contributed by atoms with Gasteiger partial charge in [-0.3, -0.25) is 14.4 Å². The Hall–Kier alpha value is -5.20. The normalized spacial score (nSPS) is 32.2. The Balaban J connectivity index is 1.53. The van der Waals surface area contributed by atoms with E-state index >= 15 is 4.79 Å². The molecule has 1 saturated heterocycles. The summed E-state index contributed by atoms with van der Waals surface area (Å²) in [6.45, 7) is 11.0. The van der Waals surface area contributed by atoms with E-state index in [1.807, 2.05) is 0 Å². The average Bonchev–Trinajstić information content (AvgIpc) is 3.20. The number of hydrogen-bond donors (Lipinski definition) is 5. The molecule has 2 bridgehead atoms. The SMILES string of the molecule is CC(=O)O[C@@]12CO[C@@H]1C[C@H](O)[C@@]1(C)C(=O)[C@H](O)C3=C(C)[C@@H](OC(=O)[C@H](OC(=O)CN)[C@@H](NC(=O)OC(C)(C)C)c4ccccc4)C[C@@](O)([C@@H](OC(=O)c4ccccc4)C12)C3(C)C. The van der Waals surface area contributed by atoms with Crippen LogP contribution in [-0.4, -0.2) is 118 Å². The second kappa shape index (κ2) is 16.8. The summed E-state index contributed by atoms with van der Waals surface area (Å²) in [6.07, 6.45) is -11.7. The van der Waals surface area contributed by atoms with Crippen LogP contribution in [-0.2, 0) is 47.6 Å². The van der Waals surface area contributed by atoms with Gasteiger partial charge in [0.2, 0.25) is 6.10 Å². The summed E-state index contributed by atoms with van der Waals surface area (Å²) < 4.78 is 35.4. The monoisotopic (exact) mass is 864 g/mol. The third kappa shape index (κ3) is 8.00. The maximum Gasteiger partial charge on any atom is 0.408 e. The van der Waals surface area contributed by atoms with Crippen LogP contribution in [0.25, 0.3) is 0 Å². The highest BCUT2D eigenvalue weighted by atomic mass is 16.6. The van der Waals surface area contributed by atoms with Gasteiger partial charge < -0.3 is 54.8 Å². The first-order valence-corrected chi connectivity index (χ1v) is 20.5. The van der Waals surface area contributed by atoms with E-state index in [1.54, 1.807) is 69.3 Å². The molecule has 62 heavy (non-hydrogen) atoms. The number of aliphatic hydroxyl groups excluding tert-OH is 2. The van der Waals surface area contributed by atoms with Gasteiger partial charge >= 0.3 is 30.0 Å². The molecule has 17 heteroatoms. The molecule has 1 aliphatic heterocycles. The topological polar surface area (TPSA) is 257 Å². The number of aliphatic hydroxyl groups is 3. The van der Waals surface area contributed by atoms with Crippen LogP contribution in [0.2, 0.25) is 0 Å². The Morgan fingerprint density at radius 3 is 2.13 bits per heavy atom. The second-order valence-electron chi connectivity index (χ2n) is 18.2. The number of amides is 1. The Bertz CT molecular complexity index is 2120. The lowest BCUT2D eigenvalue weighted by atomic mass is 9.44. The molecule has 4 aliphatic rings. The molecule has 1 heterocycles. The summed E-state index contributed by atoms with van der Waals surface area (Å²) in [6, 6.07) is 14.4. The fraction of sp³-hybridized carbons (Fsp3) is 0.556. The summed E-state index contributed by atoms with van der Waals surface area (Å²) in [4.78, 5) is 83.0. The van der Waals surface area contributed by atoms with E-state index in [1.165, 1.54) is 39.8 Å². The number of nitrogens with one attached hydrogen (secondary N) is 1. The third-order valence-corrected chi connectivity index (χ3v) is 13.0. The Labute approximate surface area is 359 Å². The number of alkyl carbamates (subject to hydrolysis) is 1. The molecule has 2 aromatic rings. The summed E-state index contributed by atoms with van der Waals surface area (Å²) in [5.74, 6) is -6.51. The molecule has 2 saturated carbocycles. The van der Waals surface area contributed by atoms with E-state index in [4.69, 9.17) is 34.2 Å². The van der Waals surface area contributed by atoms with Gasteiger partial charge in [-0.2, -0.15) is 0 Å². The molecule has 1 amide bonds. The zero-order chi connectivity index (χ0) is 45.7. The molecular weight excluding hydrogens is 808 g/mol.